The van der Waals surface area contributed by atoms with E-state index in [1.54, 1.807) is 21.3 Å². The average molecular weight is 418 g/mol. The van der Waals surface area contributed by atoms with Gasteiger partial charge in [-0.25, -0.2) is 0 Å². The monoisotopic (exact) mass is 417 g/mol. The van der Waals surface area contributed by atoms with E-state index in [0.29, 0.717) is 31.9 Å². The Hall–Kier alpha value is -1.76. The Balaban J connectivity index is 2.03. The van der Waals surface area contributed by atoms with Gasteiger partial charge in [-0.1, -0.05) is 42.2 Å². The highest BCUT2D eigenvalue weighted by Gasteiger charge is 2.55. The Morgan fingerprint density at radius 2 is 1.87 bits per heavy atom. The molecule has 1 aromatic rings. The molecule has 1 aromatic carbocycles. The van der Waals surface area contributed by atoms with Gasteiger partial charge < -0.3 is 23.7 Å². The van der Waals surface area contributed by atoms with Crippen LogP contribution in [0.25, 0.3) is 0 Å². The second-order valence-electron chi connectivity index (χ2n) is 7.60. The van der Waals surface area contributed by atoms with Crippen molar-refractivity contribution in [2.75, 3.05) is 41.2 Å². The van der Waals surface area contributed by atoms with Crippen LogP contribution < -0.4 is 0 Å². The number of hydroxylamine groups is 2. The second-order valence-corrected chi connectivity index (χ2v) is 7.60. The van der Waals surface area contributed by atoms with Gasteiger partial charge in [-0.3, -0.25) is 4.84 Å². The summed E-state index contributed by atoms with van der Waals surface area (Å²) in [6, 6.07) is 9.62. The molecule has 0 bridgehead atoms. The largest absolute Gasteiger partial charge is 0.372 e. The van der Waals surface area contributed by atoms with E-state index >= 15 is 0 Å². The number of methoxy groups -OCH3 is 3. The van der Waals surface area contributed by atoms with E-state index in [1.165, 1.54) is 0 Å². The SMILES string of the molecule is COCC#CC1=CCON(Cc2ccccc2)[C@H]([C@H]2COC(C)(C)O2)C1(OC)OC. The van der Waals surface area contributed by atoms with Gasteiger partial charge in [0.2, 0.25) is 5.79 Å². The first-order chi connectivity index (χ1) is 14.5. The maximum atomic E-state index is 6.24. The zero-order valence-electron chi connectivity index (χ0n) is 18.3. The van der Waals surface area contributed by atoms with Gasteiger partial charge in [-0.15, -0.1) is 0 Å². The topological polar surface area (TPSA) is 58.6 Å². The van der Waals surface area contributed by atoms with Crippen molar-refractivity contribution >= 4 is 0 Å². The molecule has 0 aliphatic carbocycles. The van der Waals surface area contributed by atoms with E-state index in [2.05, 4.69) is 24.0 Å². The normalized spacial score (nSPS) is 25.8. The molecule has 1 saturated heterocycles. The van der Waals surface area contributed by atoms with Crippen molar-refractivity contribution in [2.45, 2.75) is 44.1 Å². The third-order valence-electron chi connectivity index (χ3n) is 5.21. The van der Waals surface area contributed by atoms with Gasteiger partial charge in [-0.2, -0.15) is 5.06 Å². The first kappa shape index (κ1) is 22.9. The smallest absolute Gasteiger partial charge is 0.223 e. The minimum absolute atomic E-state index is 0.302. The molecule has 7 nitrogen and oxygen atoms in total. The molecule has 0 unspecified atom stereocenters. The van der Waals surface area contributed by atoms with E-state index in [4.69, 9.17) is 28.5 Å². The standard InChI is InChI=1S/C23H31NO6/c1-22(2)28-17-20(30-22)21-23(26-4,27-5)19(12-9-14-25-3)13-15-29-24(21)16-18-10-7-6-8-11-18/h6-8,10-11,13,20-21H,14-17H2,1-5H3/t20-,21-/m1/s1. The molecule has 0 radical (unpaired) electrons. The van der Waals surface area contributed by atoms with Crippen LogP contribution in [0.1, 0.15) is 19.4 Å². The first-order valence-corrected chi connectivity index (χ1v) is 9.99. The third kappa shape index (κ3) is 4.93. The van der Waals surface area contributed by atoms with Crippen molar-refractivity contribution < 1.29 is 28.5 Å². The maximum absolute atomic E-state index is 6.24. The summed E-state index contributed by atoms with van der Waals surface area (Å²) in [4.78, 5) is 6.16. The van der Waals surface area contributed by atoms with Crippen LogP contribution in [0.15, 0.2) is 42.0 Å². The van der Waals surface area contributed by atoms with Crippen LogP contribution >= 0.6 is 0 Å². The number of ether oxygens (including phenoxy) is 5. The van der Waals surface area contributed by atoms with Gasteiger partial charge in [0.05, 0.1) is 18.8 Å². The van der Waals surface area contributed by atoms with Crippen LogP contribution in [0.4, 0.5) is 0 Å². The molecule has 2 heterocycles. The fourth-order valence-corrected chi connectivity index (χ4v) is 3.88. The summed E-state index contributed by atoms with van der Waals surface area (Å²) in [5.74, 6) is 4.23. The molecular weight excluding hydrogens is 386 g/mol. The number of hydrogen-bond acceptors (Lipinski definition) is 7. The molecule has 0 aromatic heterocycles. The van der Waals surface area contributed by atoms with E-state index in [1.807, 2.05) is 43.2 Å². The summed E-state index contributed by atoms with van der Waals surface area (Å²) in [6.07, 6.45) is 1.52. The van der Waals surface area contributed by atoms with Gasteiger partial charge in [0.15, 0.2) is 5.79 Å². The Morgan fingerprint density at radius 1 is 1.13 bits per heavy atom. The van der Waals surface area contributed by atoms with E-state index in [0.717, 1.165) is 5.56 Å². The maximum Gasteiger partial charge on any atom is 0.223 e. The van der Waals surface area contributed by atoms with Crippen molar-refractivity contribution in [1.29, 1.82) is 0 Å². The van der Waals surface area contributed by atoms with Crippen LogP contribution in [-0.4, -0.2) is 69.9 Å². The van der Waals surface area contributed by atoms with Gasteiger partial charge in [0, 0.05) is 27.9 Å². The highest BCUT2D eigenvalue weighted by Crippen LogP contribution is 2.39. The molecule has 2 aliphatic rings. The van der Waals surface area contributed by atoms with Gasteiger partial charge >= 0.3 is 0 Å². The molecule has 0 amide bonds. The van der Waals surface area contributed by atoms with E-state index in [-0.39, 0.29) is 6.10 Å². The fourth-order valence-electron chi connectivity index (χ4n) is 3.88. The quantitative estimate of drug-likeness (QED) is 0.521. The summed E-state index contributed by atoms with van der Waals surface area (Å²) in [7, 11) is 4.82. The van der Waals surface area contributed by atoms with Gasteiger partial charge in [0.25, 0.3) is 0 Å². The molecule has 30 heavy (non-hydrogen) atoms. The summed E-state index contributed by atoms with van der Waals surface area (Å²) in [5.41, 5.74) is 1.76. The van der Waals surface area contributed by atoms with Gasteiger partial charge in [0.1, 0.15) is 18.8 Å². The van der Waals surface area contributed by atoms with Crippen LogP contribution in [0, 0.1) is 11.8 Å². The Kier molecular flexibility index (Phi) is 7.66. The first-order valence-electron chi connectivity index (χ1n) is 9.99. The molecule has 2 atom stereocenters. The molecule has 7 heteroatoms. The Bertz CT molecular complexity index is 778. The van der Waals surface area contributed by atoms with E-state index in [9.17, 15) is 0 Å². The second kappa shape index (κ2) is 10.0. The van der Waals surface area contributed by atoms with Crippen LogP contribution in [0.2, 0.25) is 0 Å². The van der Waals surface area contributed by atoms with Crippen molar-refractivity contribution in [3.05, 3.63) is 47.5 Å². The van der Waals surface area contributed by atoms with Crippen LogP contribution in [0.5, 0.6) is 0 Å². The molecular formula is C23H31NO6. The Morgan fingerprint density at radius 3 is 2.47 bits per heavy atom. The lowest BCUT2D eigenvalue weighted by Gasteiger charge is -2.44. The molecule has 3 rings (SSSR count). The molecule has 1 fully saturated rings. The predicted octanol–water partition coefficient (Wildman–Crippen LogP) is 2.52. The van der Waals surface area contributed by atoms with Crippen LogP contribution in [0.3, 0.4) is 0 Å². The third-order valence-corrected chi connectivity index (χ3v) is 5.21. The Labute approximate surface area is 178 Å². The van der Waals surface area contributed by atoms with Gasteiger partial charge in [-0.05, 0) is 25.5 Å². The lowest BCUT2D eigenvalue weighted by molar-refractivity contribution is -0.301. The minimum Gasteiger partial charge on any atom is -0.372 e. The molecule has 164 valence electrons. The zero-order chi connectivity index (χ0) is 21.6. The highest BCUT2D eigenvalue weighted by molar-refractivity contribution is 5.38. The zero-order valence-corrected chi connectivity index (χ0v) is 18.3. The van der Waals surface area contributed by atoms with Crippen molar-refractivity contribution in [3.63, 3.8) is 0 Å². The highest BCUT2D eigenvalue weighted by atomic mass is 16.8. The summed E-state index contributed by atoms with van der Waals surface area (Å²) >= 11 is 0. The lowest BCUT2D eigenvalue weighted by atomic mass is 9.92. The molecule has 2 aliphatic heterocycles. The van der Waals surface area contributed by atoms with Crippen molar-refractivity contribution in [2.24, 2.45) is 0 Å². The molecule has 0 saturated carbocycles. The summed E-state index contributed by atoms with van der Waals surface area (Å²) in [5, 5.41) is 1.86. The van der Waals surface area contributed by atoms with Crippen molar-refractivity contribution in [1.82, 2.24) is 5.06 Å². The fraction of sp³-hybridized carbons (Fsp3) is 0.565. The summed E-state index contributed by atoms with van der Waals surface area (Å²) in [6.45, 7) is 5.30. The number of rotatable bonds is 6. The number of hydrogen-bond donors (Lipinski definition) is 0. The number of nitrogens with zero attached hydrogens (tertiary/aromatic N) is 1. The van der Waals surface area contributed by atoms with Crippen LogP contribution in [-0.2, 0) is 35.1 Å². The predicted molar refractivity (Wildman–Crippen MR) is 111 cm³/mol. The summed E-state index contributed by atoms with van der Waals surface area (Å²) < 4.78 is 29.2. The molecule has 0 spiro atoms. The van der Waals surface area contributed by atoms with E-state index < -0.39 is 17.6 Å². The van der Waals surface area contributed by atoms with Crippen molar-refractivity contribution in [3.8, 4) is 11.8 Å². The number of benzene rings is 1. The minimum atomic E-state index is -1.21. The average Bonchev–Trinajstić information content (AvgIpc) is 3.02. The lowest BCUT2D eigenvalue weighted by Crippen LogP contribution is -2.61. The molecule has 0 N–H and O–H groups in total.